The second-order valence-corrected chi connectivity index (χ2v) is 6.45. The molecule has 3 rings (SSSR count). The van der Waals surface area contributed by atoms with Crippen LogP contribution in [0.1, 0.15) is 43.4 Å². The Morgan fingerprint density at radius 1 is 1.04 bits per heavy atom. The number of nitrogens with one attached hydrogen (secondary N) is 2. The number of aryl methyl sites for hydroxylation is 2. The van der Waals surface area contributed by atoms with Crippen molar-refractivity contribution in [3.8, 4) is 0 Å². The van der Waals surface area contributed by atoms with E-state index in [2.05, 4.69) is 21.7 Å². The summed E-state index contributed by atoms with van der Waals surface area (Å²) in [5, 5.41) is 6.05. The highest BCUT2D eigenvalue weighted by atomic mass is 16.2. The normalized spacial score (nSPS) is 15.0. The average Bonchev–Trinajstić information content (AvgIpc) is 2.62. The molecule has 1 aliphatic carbocycles. The van der Waals surface area contributed by atoms with Crippen LogP contribution in [0, 0.1) is 0 Å². The second kappa shape index (κ2) is 8.48. The molecule has 1 saturated carbocycles. The number of anilines is 1. The zero-order valence-corrected chi connectivity index (χ0v) is 14.0. The topological polar surface area (TPSA) is 54.0 Å². The van der Waals surface area contributed by atoms with Crippen LogP contribution in [-0.4, -0.2) is 17.1 Å². The highest BCUT2D eigenvalue weighted by molar-refractivity contribution is 5.89. The first-order chi connectivity index (χ1) is 11.8. The molecule has 24 heavy (non-hydrogen) atoms. The Balaban J connectivity index is 1.51. The van der Waals surface area contributed by atoms with Gasteiger partial charge in [0.05, 0.1) is 0 Å². The molecule has 0 unspecified atom stereocenters. The van der Waals surface area contributed by atoms with Crippen molar-refractivity contribution in [3.05, 3.63) is 59.9 Å². The van der Waals surface area contributed by atoms with Gasteiger partial charge in [-0.2, -0.15) is 0 Å². The summed E-state index contributed by atoms with van der Waals surface area (Å²) < 4.78 is 0. The highest BCUT2D eigenvalue weighted by Crippen LogP contribution is 2.18. The van der Waals surface area contributed by atoms with Crippen LogP contribution in [0.2, 0.25) is 0 Å². The molecule has 126 valence electrons. The molecule has 2 aromatic rings. The Morgan fingerprint density at radius 3 is 2.71 bits per heavy atom. The first-order valence-corrected chi connectivity index (χ1v) is 8.86. The fourth-order valence-electron chi connectivity index (χ4n) is 3.22. The van der Waals surface area contributed by atoms with E-state index in [0.717, 1.165) is 37.1 Å². The van der Waals surface area contributed by atoms with E-state index in [0.29, 0.717) is 6.04 Å². The third kappa shape index (κ3) is 5.08. The van der Waals surface area contributed by atoms with Crippen LogP contribution < -0.4 is 10.6 Å². The molecule has 1 heterocycles. The molecule has 1 aromatic carbocycles. The SMILES string of the molecule is O=C(Nc1cccc(CCc2ccccn2)c1)NC1CCCCC1. The predicted octanol–water partition coefficient (Wildman–Crippen LogP) is 4.32. The van der Waals surface area contributed by atoms with Gasteiger partial charge in [0, 0.05) is 23.6 Å². The van der Waals surface area contributed by atoms with Crippen molar-refractivity contribution in [1.82, 2.24) is 10.3 Å². The molecule has 0 bridgehead atoms. The molecule has 4 nitrogen and oxygen atoms in total. The lowest BCUT2D eigenvalue weighted by atomic mass is 9.96. The number of carbonyl (C=O) groups is 1. The largest absolute Gasteiger partial charge is 0.335 e. The van der Waals surface area contributed by atoms with Gasteiger partial charge in [-0.05, 0) is 55.5 Å². The summed E-state index contributed by atoms with van der Waals surface area (Å²) in [4.78, 5) is 16.5. The third-order valence-electron chi connectivity index (χ3n) is 4.52. The molecule has 2 amide bonds. The molecule has 1 aromatic heterocycles. The van der Waals surface area contributed by atoms with Crippen molar-refractivity contribution in [2.75, 3.05) is 5.32 Å². The number of rotatable bonds is 5. The first kappa shape index (κ1) is 16.5. The van der Waals surface area contributed by atoms with Gasteiger partial charge in [0.25, 0.3) is 0 Å². The second-order valence-electron chi connectivity index (χ2n) is 6.45. The third-order valence-corrected chi connectivity index (χ3v) is 4.52. The van der Waals surface area contributed by atoms with Crippen LogP contribution in [0.3, 0.4) is 0 Å². The lowest BCUT2D eigenvalue weighted by molar-refractivity contribution is 0.244. The monoisotopic (exact) mass is 323 g/mol. The van der Waals surface area contributed by atoms with Gasteiger partial charge in [-0.3, -0.25) is 4.98 Å². The van der Waals surface area contributed by atoms with Gasteiger partial charge >= 0.3 is 6.03 Å². The average molecular weight is 323 g/mol. The van der Waals surface area contributed by atoms with Crippen LogP contribution in [0.5, 0.6) is 0 Å². The molecule has 0 spiro atoms. The number of aromatic nitrogens is 1. The number of nitrogens with zero attached hydrogens (tertiary/aromatic N) is 1. The van der Waals surface area contributed by atoms with Gasteiger partial charge in [-0.1, -0.05) is 37.5 Å². The minimum Gasteiger partial charge on any atom is -0.335 e. The zero-order chi connectivity index (χ0) is 16.6. The molecule has 1 fully saturated rings. The van der Waals surface area contributed by atoms with Crippen molar-refractivity contribution in [2.24, 2.45) is 0 Å². The minimum absolute atomic E-state index is 0.0937. The van der Waals surface area contributed by atoms with Crippen molar-refractivity contribution in [1.29, 1.82) is 0 Å². The fraction of sp³-hybridized carbons (Fsp3) is 0.400. The number of hydrogen-bond donors (Lipinski definition) is 2. The van der Waals surface area contributed by atoms with Crippen molar-refractivity contribution >= 4 is 11.7 Å². The van der Waals surface area contributed by atoms with Crippen LogP contribution in [0.15, 0.2) is 48.7 Å². The highest BCUT2D eigenvalue weighted by Gasteiger charge is 2.15. The number of amides is 2. The van der Waals surface area contributed by atoms with E-state index in [9.17, 15) is 4.79 Å². The number of pyridine rings is 1. The van der Waals surface area contributed by atoms with E-state index < -0.39 is 0 Å². The minimum atomic E-state index is -0.0937. The van der Waals surface area contributed by atoms with Crippen molar-refractivity contribution < 1.29 is 4.79 Å². The smallest absolute Gasteiger partial charge is 0.319 e. The molecular formula is C20H25N3O. The fourth-order valence-corrected chi connectivity index (χ4v) is 3.22. The van der Waals surface area contributed by atoms with Gasteiger partial charge in [0.2, 0.25) is 0 Å². The van der Waals surface area contributed by atoms with Crippen molar-refractivity contribution in [2.45, 2.75) is 51.0 Å². The lowest BCUT2D eigenvalue weighted by Gasteiger charge is -2.22. The predicted molar refractivity (Wildman–Crippen MR) is 97.1 cm³/mol. The number of hydrogen-bond acceptors (Lipinski definition) is 2. The Kier molecular flexibility index (Phi) is 5.83. The maximum Gasteiger partial charge on any atom is 0.319 e. The maximum absolute atomic E-state index is 12.1. The van der Waals surface area contributed by atoms with Gasteiger partial charge < -0.3 is 10.6 Å². The molecule has 0 atom stereocenters. The summed E-state index contributed by atoms with van der Waals surface area (Å²) in [6, 6.07) is 14.3. The van der Waals surface area contributed by atoms with E-state index in [-0.39, 0.29) is 6.03 Å². The van der Waals surface area contributed by atoms with Gasteiger partial charge in [0.1, 0.15) is 0 Å². The van der Waals surface area contributed by atoms with Crippen LogP contribution in [-0.2, 0) is 12.8 Å². The molecule has 0 radical (unpaired) electrons. The van der Waals surface area contributed by atoms with E-state index >= 15 is 0 Å². The summed E-state index contributed by atoms with van der Waals surface area (Å²) in [5.41, 5.74) is 3.14. The van der Waals surface area contributed by atoms with Gasteiger partial charge in [-0.15, -0.1) is 0 Å². The number of benzene rings is 1. The van der Waals surface area contributed by atoms with Gasteiger partial charge in [0.15, 0.2) is 0 Å². The molecule has 0 saturated heterocycles. The van der Waals surface area contributed by atoms with E-state index in [1.807, 2.05) is 42.6 Å². The lowest BCUT2D eigenvalue weighted by Crippen LogP contribution is -2.39. The van der Waals surface area contributed by atoms with Crippen molar-refractivity contribution in [3.63, 3.8) is 0 Å². The summed E-state index contributed by atoms with van der Waals surface area (Å²) in [6.07, 6.45) is 9.55. The molecular weight excluding hydrogens is 298 g/mol. The number of carbonyl (C=O) groups excluding carboxylic acids is 1. The standard InChI is InChI=1S/C20H25N3O/c24-20(22-18-9-2-1-3-10-18)23-19-11-6-7-16(15-19)12-13-17-8-4-5-14-21-17/h4-8,11,14-15,18H,1-3,9-10,12-13H2,(H2,22,23,24). The zero-order valence-electron chi connectivity index (χ0n) is 14.0. The first-order valence-electron chi connectivity index (χ1n) is 8.86. The molecule has 0 aliphatic heterocycles. The van der Waals surface area contributed by atoms with Crippen LogP contribution in [0.4, 0.5) is 10.5 Å². The quantitative estimate of drug-likeness (QED) is 0.861. The van der Waals surface area contributed by atoms with Gasteiger partial charge in [-0.25, -0.2) is 4.79 Å². The Hall–Kier alpha value is -2.36. The van der Waals surface area contributed by atoms with E-state index in [1.54, 1.807) is 0 Å². The molecule has 1 aliphatic rings. The van der Waals surface area contributed by atoms with E-state index in [1.165, 1.54) is 24.8 Å². The summed E-state index contributed by atoms with van der Waals surface area (Å²) in [5.74, 6) is 0. The Labute approximate surface area is 143 Å². The molecule has 4 heteroatoms. The molecule has 2 N–H and O–H groups in total. The van der Waals surface area contributed by atoms with Crippen LogP contribution >= 0.6 is 0 Å². The Morgan fingerprint density at radius 2 is 1.92 bits per heavy atom. The Bertz CT molecular complexity index is 651. The summed E-state index contributed by atoms with van der Waals surface area (Å²) in [7, 11) is 0. The summed E-state index contributed by atoms with van der Waals surface area (Å²) >= 11 is 0. The van der Waals surface area contributed by atoms with Crippen LogP contribution in [0.25, 0.3) is 0 Å². The summed E-state index contributed by atoms with van der Waals surface area (Å²) in [6.45, 7) is 0. The maximum atomic E-state index is 12.1. The van der Waals surface area contributed by atoms with E-state index in [4.69, 9.17) is 0 Å². The number of urea groups is 1.